The molecule has 0 saturated carbocycles. The van der Waals surface area contributed by atoms with Crippen molar-refractivity contribution in [2.75, 3.05) is 7.05 Å². The average Bonchev–Trinajstić information content (AvgIpc) is 3.08. The number of carbonyl (C=O) groups excluding carboxylic acids is 1. The number of nitrogens with one attached hydrogen (secondary N) is 1. The van der Waals surface area contributed by atoms with Gasteiger partial charge in [-0.2, -0.15) is 4.72 Å². The van der Waals surface area contributed by atoms with Gasteiger partial charge in [-0.25, -0.2) is 8.42 Å². The lowest BCUT2D eigenvalue weighted by atomic mass is 10.0. The molecule has 1 heterocycles. The number of amides is 1. The van der Waals surface area contributed by atoms with Crippen LogP contribution in [-0.4, -0.2) is 32.3 Å². The van der Waals surface area contributed by atoms with Crippen LogP contribution in [-0.2, 0) is 21.4 Å². The van der Waals surface area contributed by atoms with Gasteiger partial charge >= 0.3 is 0 Å². The minimum Gasteiger partial charge on any atom is -0.340 e. The molecule has 1 amide bonds. The molecule has 0 aliphatic rings. The van der Waals surface area contributed by atoms with Crippen LogP contribution in [0, 0.1) is 5.92 Å². The summed E-state index contributed by atoms with van der Waals surface area (Å²) in [7, 11) is -2.01. The minimum absolute atomic E-state index is 0.162. The Morgan fingerprint density at radius 3 is 2.38 bits per heavy atom. The molecule has 0 bridgehead atoms. The molecule has 1 atom stereocenters. The molecule has 1 N–H and O–H groups in total. The van der Waals surface area contributed by atoms with Crippen LogP contribution >= 0.6 is 11.3 Å². The van der Waals surface area contributed by atoms with Gasteiger partial charge in [0.1, 0.15) is 10.3 Å². The van der Waals surface area contributed by atoms with Crippen LogP contribution in [0.1, 0.15) is 19.4 Å². The Morgan fingerprint density at radius 1 is 1.17 bits per heavy atom. The quantitative estimate of drug-likeness (QED) is 0.819. The molecule has 7 heteroatoms. The maximum absolute atomic E-state index is 12.7. The third-order valence-corrected chi connectivity index (χ3v) is 6.45. The van der Waals surface area contributed by atoms with E-state index in [9.17, 15) is 13.2 Å². The molecule has 2 rings (SSSR count). The van der Waals surface area contributed by atoms with Crippen LogP contribution in [0.4, 0.5) is 0 Å². The standard InChI is InChI=1S/C17H22N2O3S2/c1-13(2)16(18-24(21,22)15-10-7-11-23-15)17(20)19(3)12-14-8-5-4-6-9-14/h4-11,13,16,18H,12H2,1-3H3/t16-/m0/s1. The Labute approximate surface area is 147 Å². The molecular weight excluding hydrogens is 344 g/mol. The Morgan fingerprint density at radius 2 is 1.83 bits per heavy atom. The molecule has 0 radical (unpaired) electrons. The zero-order valence-electron chi connectivity index (χ0n) is 14.0. The summed E-state index contributed by atoms with van der Waals surface area (Å²) in [5, 5.41) is 1.70. The third-order valence-electron chi connectivity index (χ3n) is 3.61. The number of thiophene rings is 1. The minimum atomic E-state index is -3.69. The zero-order chi connectivity index (χ0) is 17.7. The fraction of sp³-hybridized carbons (Fsp3) is 0.353. The van der Waals surface area contributed by atoms with Crippen LogP contribution in [0.3, 0.4) is 0 Å². The SMILES string of the molecule is CC(C)[C@H](NS(=O)(=O)c1cccs1)C(=O)N(C)Cc1ccccc1. The summed E-state index contributed by atoms with van der Waals surface area (Å²) in [6.07, 6.45) is 0. The Bertz CT molecular complexity index is 756. The normalized spacial score (nSPS) is 13.0. The van der Waals surface area contributed by atoms with Crippen LogP contribution in [0.25, 0.3) is 0 Å². The Hall–Kier alpha value is -1.70. The first kappa shape index (κ1) is 18.6. The van der Waals surface area contributed by atoms with E-state index in [2.05, 4.69) is 4.72 Å². The van der Waals surface area contributed by atoms with Crippen LogP contribution < -0.4 is 4.72 Å². The molecule has 0 saturated heterocycles. The maximum atomic E-state index is 12.7. The molecular formula is C17H22N2O3S2. The maximum Gasteiger partial charge on any atom is 0.250 e. The van der Waals surface area contributed by atoms with Crippen molar-refractivity contribution in [3.05, 3.63) is 53.4 Å². The van der Waals surface area contributed by atoms with E-state index in [1.54, 1.807) is 23.4 Å². The molecule has 1 aromatic heterocycles. The predicted octanol–water partition coefficient (Wildman–Crippen LogP) is 2.71. The lowest BCUT2D eigenvalue weighted by molar-refractivity contribution is -0.133. The topological polar surface area (TPSA) is 66.5 Å². The largest absolute Gasteiger partial charge is 0.340 e. The van der Waals surface area contributed by atoms with E-state index in [-0.39, 0.29) is 16.0 Å². The van der Waals surface area contributed by atoms with Crippen molar-refractivity contribution >= 4 is 27.3 Å². The van der Waals surface area contributed by atoms with Crippen LogP contribution in [0.5, 0.6) is 0 Å². The van der Waals surface area contributed by atoms with E-state index in [0.29, 0.717) is 6.54 Å². The molecule has 2 aromatic rings. The Kier molecular flexibility index (Phi) is 6.15. The molecule has 0 aliphatic carbocycles. The smallest absolute Gasteiger partial charge is 0.250 e. The molecule has 0 fully saturated rings. The van der Waals surface area contributed by atoms with Crippen molar-refractivity contribution in [1.29, 1.82) is 0 Å². The van der Waals surface area contributed by atoms with Crippen molar-refractivity contribution in [2.45, 2.75) is 30.6 Å². The number of nitrogens with zero attached hydrogens (tertiary/aromatic N) is 1. The lowest BCUT2D eigenvalue weighted by Gasteiger charge is -2.26. The van der Waals surface area contributed by atoms with Crippen molar-refractivity contribution in [3.63, 3.8) is 0 Å². The van der Waals surface area contributed by atoms with E-state index >= 15 is 0 Å². The van der Waals surface area contributed by atoms with Gasteiger partial charge in [0.15, 0.2) is 0 Å². The summed E-state index contributed by atoms with van der Waals surface area (Å²) in [4.78, 5) is 14.3. The summed E-state index contributed by atoms with van der Waals surface area (Å²) < 4.78 is 27.6. The van der Waals surface area contributed by atoms with Gasteiger partial charge in [0.25, 0.3) is 10.0 Å². The Balaban J connectivity index is 2.13. The molecule has 1 aromatic carbocycles. The molecule has 130 valence electrons. The van der Waals surface area contributed by atoms with Gasteiger partial charge in [0.05, 0.1) is 0 Å². The van der Waals surface area contributed by atoms with Crippen molar-refractivity contribution < 1.29 is 13.2 Å². The average molecular weight is 367 g/mol. The first-order valence-corrected chi connectivity index (χ1v) is 10.0. The summed E-state index contributed by atoms with van der Waals surface area (Å²) in [6, 6.07) is 12.0. The summed E-state index contributed by atoms with van der Waals surface area (Å²) in [6.45, 7) is 4.09. The van der Waals surface area contributed by atoms with Crippen molar-refractivity contribution in [2.24, 2.45) is 5.92 Å². The number of sulfonamides is 1. The number of benzene rings is 1. The highest BCUT2D eigenvalue weighted by atomic mass is 32.2. The van der Waals surface area contributed by atoms with Gasteiger partial charge < -0.3 is 4.90 Å². The summed E-state index contributed by atoms with van der Waals surface area (Å²) in [5.74, 6) is -0.403. The van der Waals surface area contributed by atoms with E-state index in [4.69, 9.17) is 0 Å². The monoisotopic (exact) mass is 366 g/mol. The molecule has 0 unspecified atom stereocenters. The van der Waals surface area contributed by atoms with Gasteiger partial charge in [-0.05, 0) is 22.9 Å². The molecule has 0 aliphatic heterocycles. The summed E-state index contributed by atoms with van der Waals surface area (Å²) in [5.41, 5.74) is 0.997. The predicted molar refractivity (Wildman–Crippen MR) is 96.2 cm³/mol. The highest BCUT2D eigenvalue weighted by Gasteiger charge is 2.30. The first-order valence-electron chi connectivity index (χ1n) is 7.66. The fourth-order valence-corrected chi connectivity index (χ4v) is 4.63. The number of carbonyl (C=O) groups is 1. The number of likely N-dealkylation sites (N-methyl/N-ethyl adjacent to an activating group) is 1. The van der Waals surface area contributed by atoms with Crippen LogP contribution in [0.15, 0.2) is 52.1 Å². The third kappa shape index (κ3) is 4.66. The number of hydrogen-bond acceptors (Lipinski definition) is 4. The second-order valence-corrected chi connectivity index (χ2v) is 8.84. The number of hydrogen-bond donors (Lipinski definition) is 1. The second kappa shape index (κ2) is 7.92. The lowest BCUT2D eigenvalue weighted by Crippen LogP contribution is -2.49. The van der Waals surface area contributed by atoms with Gasteiger partial charge in [-0.15, -0.1) is 11.3 Å². The first-order chi connectivity index (χ1) is 11.3. The second-order valence-electron chi connectivity index (χ2n) is 5.95. The zero-order valence-corrected chi connectivity index (χ0v) is 15.6. The van der Waals surface area contributed by atoms with E-state index < -0.39 is 16.1 Å². The number of rotatable bonds is 7. The van der Waals surface area contributed by atoms with Gasteiger partial charge in [-0.1, -0.05) is 50.2 Å². The van der Waals surface area contributed by atoms with Gasteiger partial charge in [0, 0.05) is 13.6 Å². The molecule has 5 nitrogen and oxygen atoms in total. The van der Waals surface area contributed by atoms with E-state index in [1.807, 2.05) is 44.2 Å². The van der Waals surface area contributed by atoms with Gasteiger partial charge in [0.2, 0.25) is 5.91 Å². The molecule has 24 heavy (non-hydrogen) atoms. The van der Waals surface area contributed by atoms with Crippen molar-refractivity contribution in [3.8, 4) is 0 Å². The van der Waals surface area contributed by atoms with Gasteiger partial charge in [-0.3, -0.25) is 4.79 Å². The van der Waals surface area contributed by atoms with E-state index in [1.165, 1.54) is 6.07 Å². The molecule has 0 spiro atoms. The van der Waals surface area contributed by atoms with E-state index in [0.717, 1.165) is 16.9 Å². The fourth-order valence-electron chi connectivity index (χ4n) is 2.29. The highest BCUT2D eigenvalue weighted by Crippen LogP contribution is 2.18. The summed E-state index contributed by atoms with van der Waals surface area (Å²) >= 11 is 1.13. The van der Waals surface area contributed by atoms with Crippen molar-refractivity contribution in [1.82, 2.24) is 9.62 Å². The highest BCUT2D eigenvalue weighted by molar-refractivity contribution is 7.91. The van der Waals surface area contributed by atoms with Crippen LogP contribution in [0.2, 0.25) is 0 Å².